The smallest absolute Gasteiger partial charge is 0.119 e. The fraction of sp³-hybridized carbons (Fsp3) is 0.438. The molecule has 0 bridgehead atoms. The Kier molecular flexibility index (Phi) is 5.63. The van der Waals surface area contributed by atoms with E-state index in [1.165, 1.54) is 0 Å². The van der Waals surface area contributed by atoms with Crippen LogP contribution in [0.4, 0.5) is 0 Å². The Morgan fingerprint density at radius 3 is 2.62 bits per heavy atom. The van der Waals surface area contributed by atoms with Gasteiger partial charge in [0.15, 0.2) is 0 Å². The molecule has 1 atom stereocenters. The number of methoxy groups -OCH3 is 1. The zero-order valence-corrected chi connectivity index (χ0v) is 12.7. The summed E-state index contributed by atoms with van der Waals surface area (Å²) < 4.78 is 12.9. The largest absolute Gasteiger partial charge is 0.497 e. The summed E-state index contributed by atoms with van der Waals surface area (Å²) in [6.07, 6.45) is 5.53. The first-order valence-electron chi connectivity index (χ1n) is 7.25. The molecule has 0 aliphatic rings. The normalized spacial score (nSPS) is 12.1. The van der Waals surface area contributed by atoms with E-state index >= 15 is 0 Å². The first-order valence-corrected chi connectivity index (χ1v) is 7.25. The molecule has 114 valence electrons. The monoisotopic (exact) mass is 289 g/mol. The maximum Gasteiger partial charge on any atom is 0.119 e. The van der Waals surface area contributed by atoms with Gasteiger partial charge in [0.25, 0.3) is 0 Å². The minimum Gasteiger partial charge on any atom is -0.497 e. The fourth-order valence-corrected chi connectivity index (χ4v) is 2.05. The molecule has 5 nitrogen and oxygen atoms in total. The Bertz CT molecular complexity index is 537. The fourth-order valence-electron chi connectivity index (χ4n) is 2.05. The van der Waals surface area contributed by atoms with Crippen molar-refractivity contribution in [2.45, 2.75) is 32.4 Å². The van der Waals surface area contributed by atoms with E-state index in [2.05, 4.69) is 16.5 Å². The highest BCUT2D eigenvalue weighted by Gasteiger charge is 2.07. The zero-order valence-electron chi connectivity index (χ0n) is 12.7. The van der Waals surface area contributed by atoms with Crippen molar-refractivity contribution in [1.82, 2.24) is 9.55 Å². The second-order valence-corrected chi connectivity index (χ2v) is 4.93. The highest BCUT2D eigenvalue weighted by Crippen LogP contribution is 2.17. The molecule has 0 saturated carbocycles. The summed E-state index contributed by atoms with van der Waals surface area (Å²) >= 11 is 0. The van der Waals surface area contributed by atoms with Crippen LogP contribution in [0.15, 0.2) is 36.7 Å². The quantitative estimate of drug-likeness (QED) is 0.809. The van der Waals surface area contributed by atoms with Gasteiger partial charge in [-0.25, -0.2) is 4.98 Å². The van der Waals surface area contributed by atoms with Crippen LogP contribution >= 0.6 is 0 Å². The van der Waals surface area contributed by atoms with Gasteiger partial charge in [-0.3, -0.25) is 0 Å². The first-order chi connectivity index (χ1) is 10.2. The summed E-state index contributed by atoms with van der Waals surface area (Å²) in [7, 11) is 1.65. The van der Waals surface area contributed by atoms with Gasteiger partial charge in [0, 0.05) is 24.9 Å². The summed E-state index contributed by atoms with van der Waals surface area (Å²) in [5.74, 6) is 2.68. The van der Waals surface area contributed by atoms with Crippen molar-refractivity contribution in [3.8, 4) is 11.5 Å². The lowest BCUT2D eigenvalue weighted by Gasteiger charge is -2.12. The van der Waals surface area contributed by atoms with Gasteiger partial charge in [0.2, 0.25) is 0 Å². The van der Waals surface area contributed by atoms with E-state index in [0.717, 1.165) is 36.7 Å². The average Bonchev–Trinajstić information content (AvgIpc) is 2.95. The molecule has 2 N–H and O–H groups in total. The Labute approximate surface area is 125 Å². The van der Waals surface area contributed by atoms with E-state index in [9.17, 15) is 0 Å². The van der Waals surface area contributed by atoms with Crippen LogP contribution in [0.2, 0.25) is 0 Å². The topological polar surface area (TPSA) is 62.3 Å². The number of rotatable bonds is 8. The lowest BCUT2D eigenvalue weighted by molar-refractivity contribution is 0.295. The van der Waals surface area contributed by atoms with Crippen LogP contribution in [-0.2, 0) is 13.0 Å². The van der Waals surface area contributed by atoms with Gasteiger partial charge in [0.05, 0.1) is 13.7 Å². The maximum atomic E-state index is 5.98. The van der Waals surface area contributed by atoms with Crippen LogP contribution in [0.3, 0.4) is 0 Å². The molecular formula is C16H23N3O2. The van der Waals surface area contributed by atoms with Crippen LogP contribution in [0.1, 0.15) is 19.2 Å². The predicted octanol–water partition coefficient (Wildman–Crippen LogP) is 2.25. The Morgan fingerprint density at radius 2 is 1.95 bits per heavy atom. The molecule has 0 fully saturated rings. The molecule has 0 radical (unpaired) electrons. The lowest BCUT2D eigenvalue weighted by Crippen LogP contribution is -2.24. The third-order valence-corrected chi connectivity index (χ3v) is 3.43. The lowest BCUT2D eigenvalue weighted by atomic mass is 10.1. The van der Waals surface area contributed by atoms with Gasteiger partial charge in [-0.1, -0.05) is 6.92 Å². The van der Waals surface area contributed by atoms with Gasteiger partial charge >= 0.3 is 0 Å². The van der Waals surface area contributed by atoms with Crippen molar-refractivity contribution in [3.05, 3.63) is 42.5 Å². The van der Waals surface area contributed by atoms with E-state index < -0.39 is 0 Å². The van der Waals surface area contributed by atoms with Crippen molar-refractivity contribution < 1.29 is 9.47 Å². The highest BCUT2D eigenvalue weighted by molar-refractivity contribution is 5.31. The molecule has 0 saturated heterocycles. The minimum atomic E-state index is 0.161. The number of hydrogen-bond donors (Lipinski definition) is 1. The Hall–Kier alpha value is -2.01. The number of nitrogens with two attached hydrogens (primary N) is 1. The first kappa shape index (κ1) is 15.4. The zero-order chi connectivity index (χ0) is 15.1. The minimum absolute atomic E-state index is 0.161. The molecule has 1 aromatic heterocycles. The van der Waals surface area contributed by atoms with Crippen molar-refractivity contribution in [1.29, 1.82) is 0 Å². The van der Waals surface area contributed by atoms with Crippen molar-refractivity contribution >= 4 is 0 Å². The Morgan fingerprint density at radius 1 is 1.24 bits per heavy atom. The predicted molar refractivity (Wildman–Crippen MR) is 82.7 cm³/mol. The molecule has 0 spiro atoms. The Balaban J connectivity index is 1.84. The number of hydrogen-bond acceptors (Lipinski definition) is 4. The molecule has 5 heteroatoms. The van der Waals surface area contributed by atoms with Crippen LogP contribution in [0.5, 0.6) is 11.5 Å². The van der Waals surface area contributed by atoms with E-state index in [1.54, 1.807) is 7.11 Å². The van der Waals surface area contributed by atoms with Gasteiger partial charge in [-0.2, -0.15) is 0 Å². The molecule has 0 amide bonds. The van der Waals surface area contributed by atoms with Gasteiger partial charge in [-0.05, 0) is 30.7 Å². The number of benzene rings is 1. The van der Waals surface area contributed by atoms with E-state index in [1.807, 2.05) is 36.7 Å². The summed E-state index contributed by atoms with van der Waals surface area (Å²) in [6.45, 7) is 3.44. The summed E-state index contributed by atoms with van der Waals surface area (Å²) in [6, 6.07) is 7.74. The molecule has 1 unspecified atom stereocenters. The number of imidazole rings is 1. The van der Waals surface area contributed by atoms with E-state index in [-0.39, 0.29) is 6.04 Å². The number of ether oxygens (including phenoxy) is 2. The number of aromatic nitrogens is 2. The van der Waals surface area contributed by atoms with Crippen molar-refractivity contribution in [2.75, 3.05) is 13.7 Å². The van der Waals surface area contributed by atoms with Crippen LogP contribution < -0.4 is 15.2 Å². The van der Waals surface area contributed by atoms with Gasteiger partial charge in [-0.15, -0.1) is 0 Å². The standard InChI is InChI=1S/C16H23N3O2/c1-3-13(17)12-16-18-8-9-19(16)10-11-21-15-6-4-14(20-2)5-7-15/h4-9,13H,3,10-12,17H2,1-2H3. The molecule has 0 aliphatic heterocycles. The molecule has 1 heterocycles. The second-order valence-electron chi connectivity index (χ2n) is 4.93. The summed E-state index contributed by atoms with van der Waals surface area (Å²) in [5.41, 5.74) is 5.98. The average molecular weight is 289 g/mol. The van der Waals surface area contributed by atoms with Crippen LogP contribution in [0.25, 0.3) is 0 Å². The second kappa shape index (κ2) is 7.69. The molecular weight excluding hydrogens is 266 g/mol. The molecule has 21 heavy (non-hydrogen) atoms. The van der Waals surface area contributed by atoms with E-state index in [4.69, 9.17) is 15.2 Å². The van der Waals surface area contributed by atoms with Crippen LogP contribution in [-0.4, -0.2) is 29.3 Å². The van der Waals surface area contributed by atoms with E-state index in [0.29, 0.717) is 6.61 Å². The van der Waals surface area contributed by atoms with Crippen LogP contribution in [0, 0.1) is 0 Å². The molecule has 1 aromatic carbocycles. The van der Waals surface area contributed by atoms with Gasteiger partial charge < -0.3 is 19.8 Å². The van der Waals surface area contributed by atoms with Crippen molar-refractivity contribution in [3.63, 3.8) is 0 Å². The molecule has 2 aromatic rings. The SMILES string of the molecule is CCC(N)Cc1nccn1CCOc1ccc(OC)cc1. The van der Waals surface area contributed by atoms with Gasteiger partial charge in [0.1, 0.15) is 23.9 Å². The van der Waals surface area contributed by atoms with Crippen molar-refractivity contribution in [2.24, 2.45) is 5.73 Å². The highest BCUT2D eigenvalue weighted by atomic mass is 16.5. The summed E-state index contributed by atoms with van der Waals surface area (Å²) in [4.78, 5) is 4.36. The molecule has 0 aliphatic carbocycles. The third-order valence-electron chi connectivity index (χ3n) is 3.43. The third kappa shape index (κ3) is 4.49. The molecule has 2 rings (SSSR count). The maximum absolute atomic E-state index is 5.98. The number of nitrogens with zero attached hydrogens (tertiary/aromatic N) is 2. The summed E-state index contributed by atoms with van der Waals surface area (Å²) in [5, 5.41) is 0.